The molecule has 54 heavy (non-hydrogen) atoms. The molecule has 0 heterocycles. The van der Waals surface area contributed by atoms with Gasteiger partial charge in [-0.1, -0.05) is 139 Å². The molecule has 0 aliphatic carbocycles. The molecular weight excluding hydrogens is 737 g/mol. The van der Waals surface area contributed by atoms with E-state index in [0.717, 1.165) is 19.1 Å². The van der Waals surface area contributed by atoms with Crippen molar-refractivity contribution in [3.8, 4) is 0 Å². The Hall–Kier alpha value is -0.412. The zero-order valence-electron chi connectivity index (χ0n) is 39.0. The molecule has 1 aromatic rings. The van der Waals surface area contributed by atoms with Gasteiger partial charge in [-0.15, -0.1) is 0 Å². The van der Waals surface area contributed by atoms with E-state index in [1.807, 2.05) is 0 Å². The minimum Gasteiger partial charge on any atom is -0.414 e. The second-order valence-corrected chi connectivity index (χ2v) is 41.6. The molecule has 0 aliphatic heterocycles. The smallest absolute Gasteiger partial charge is 0.200 e. The highest BCUT2D eigenvalue weighted by molar-refractivity contribution is 6.77. The summed E-state index contributed by atoms with van der Waals surface area (Å²) in [5.74, 6) is 0. The summed E-state index contributed by atoms with van der Waals surface area (Å²) in [5.41, 5.74) is 3.95. The zero-order chi connectivity index (χ0) is 41.8. The first-order valence-electron chi connectivity index (χ1n) is 21.0. The van der Waals surface area contributed by atoms with Crippen LogP contribution in [0.5, 0.6) is 0 Å². The monoisotopic (exact) mass is 825 g/mol. The van der Waals surface area contributed by atoms with Crippen LogP contribution in [0.2, 0.25) is 78.6 Å². The zero-order valence-corrected chi connectivity index (χ0v) is 43.0. The number of rotatable bonds is 25. The molecule has 3 atom stereocenters. The summed E-state index contributed by atoms with van der Waals surface area (Å²) in [6, 6.07) is 11.6. The summed E-state index contributed by atoms with van der Waals surface area (Å²) in [5, 5.41) is 0.141. The summed E-state index contributed by atoms with van der Waals surface area (Å²) < 4.78 is 40.7. The molecule has 0 unspecified atom stereocenters. The van der Waals surface area contributed by atoms with Crippen molar-refractivity contribution in [1.82, 2.24) is 0 Å². The largest absolute Gasteiger partial charge is 0.414 e. The molecule has 0 radical (unpaired) electrons. The molecule has 1 aromatic carbocycles. The van der Waals surface area contributed by atoms with Gasteiger partial charge >= 0.3 is 0 Å². The lowest BCUT2D eigenvalue weighted by Crippen LogP contribution is -2.49. The molecule has 0 amide bonds. The van der Waals surface area contributed by atoms with Gasteiger partial charge in [-0.3, -0.25) is 0 Å². The number of ether oxygens (including phenoxy) is 3. The van der Waals surface area contributed by atoms with Crippen LogP contribution in [-0.4, -0.2) is 78.0 Å². The van der Waals surface area contributed by atoms with Crippen LogP contribution in [0.1, 0.15) is 108 Å². The topological polar surface area (TPSA) is 55.4 Å². The van der Waals surface area contributed by atoms with Gasteiger partial charge in [0.15, 0.2) is 16.6 Å². The van der Waals surface area contributed by atoms with Crippen LogP contribution in [0.4, 0.5) is 0 Å². The molecule has 10 heteroatoms. The Labute approximate surface area is 339 Å². The fourth-order valence-corrected chi connectivity index (χ4v) is 15.8. The summed E-state index contributed by atoms with van der Waals surface area (Å²) in [6.45, 7) is 49.4. The molecule has 0 aromatic heterocycles. The van der Waals surface area contributed by atoms with E-state index >= 15 is 0 Å². The van der Waals surface area contributed by atoms with Crippen molar-refractivity contribution < 1.29 is 27.5 Å². The Bertz CT molecular complexity index is 1190. The molecule has 0 saturated carbocycles. The summed E-state index contributed by atoms with van der Waals surface area (Å²) in [4.78, 5) is 0. The van der Waals surface area contributed by atoms with Gasteiger partial charge in [0.1, 0.15) is 6.79 Å². The third-order valence-electron chi connectivity index (χ3n) is 12.2. The van der Waals surface area contributed by atoms with E-state index in [-0.39, 0.29) is 35.2 Å². The fraction of sp³-hybridized carbons (Fsp3) is 0.818. The molecule has 0 fully saturated rings. The second kappa shape index (κ2) is 22.1. The van der Waals surface area contributed by atoms with Crippen LogP contribution in [0.25, 0.3) is 0 Å². The highest BCUT2D eigenvalue weighted by Crippen LogP contribution is 2.43. The number of hydrogen-bond donors (Lipinski definition) is 0. The lowest BCUT2D eigenvalue weighted by molar-refractivity contribution is -0.125. The molecule has 0 N–H and O–H groups in total. The van der Waals surface area contributed by atoms with E-state index in [0.29, 0.717) is 42.9 Å². The Morgan fingerprint density at radius 1 is 0.704 bits per heavy atom. The van der Waals surface area contributed by atoms with Crippen LogP contribution in [-0.2, 0) is 34.1 Å². The Morgan fingerprint density at radius 3 is 1.70 bits per heavy atom. The van der Waals surface area contributed by atoms with Crippen LogP contribution in [0.3, 0.4) is 0 Å². The van der Waals surface area contributed by atoms with E-state index in [9.17, 15) is 0 Å². The van der Waals surface area contributed by atoms with Crippen LogP contribution in [0.15, 0.2) is 42.0 Å². The van der Waals surface area contributed by atoms with Crippen molar-refractivity contribution in [2.75, 3.05) is 26.6 Å². The van der Waals surface area contributed by atoms with E-state index < -0.39 is 33.0 Å². The van der Waals surface area contributed by atoms with Crippen molar-refractivity contribution in [2.24, 2.45) is 0 Å². The third-order valence-corrected chi connectivity index (χ3v) is 29.1. The summed E-state index contributed by atoms with van der Waals surface area (Å²) in [6.07, 6.45) is 3.37. The van der Waals surface area contributed by atoms with E-state index in [1.165, 1.54) is 11.1 Å². The molecule has 0 spiro atoms. The van der Waals surface area contributed by atoms with Gasteiger partial charge in [0, 0.05) is 21.1 Å². The predicted octanol–water partition coefficient (Wildman–Crippen LogP) is 13.6. The van der Waals surface area contributed by atoms with E-state index in [2.05, 4.69) is 172 Å². The van der Waals surface area contributed by atoms with Gasteiger partial charge in [-0.2, -0.15) is 0 Å². The predicted molar refractivity (Wildman–Crippen MR) is 244 cm³/mol. The second-order valence-electron chi connectivity index (χ2n) is 21.0. The van der Waals surface area contributed by atoms with Gasteiger partial charge < -0.3 is 27.5 Å². The van der Waals surface area contributed by atoms with Crippen LogP contribution < -0.4 is 0 Å². The third kappa shape index (κ3) is 17.2. The highest BCUT2D eigenvalue weighted by atomic mass is 28.4. The molecule has 0 aliphatic rings. The first-order valence-corrected chi connectivity index (χ1v) is 32.7. The maximum Gasteiger partial charge on any atom is 0.200 e. The Kier molecular flexibility index (Phi) is 21.1. The molecular formula is C44H88O6Si4. The average molecular weight is 826 g/mol. The van der Waals surface area contributed by atoms with E-state index in [1.54, 1.807) is 0 Å². The van der Waals surface area contributed by atoms with Crippen molar-refractivity contribution in [3.63, 3.8) is 0 Å². The number of hydrogen-bond acceptors (Lipinski definition) is 6. The standard InChI is InChI=1S/C44H88O6Si4/c1-35(2)54(36(3)4,37(5)6)48-27-26-40(33-46-32-39-24-22-21-23-25-39)30-41(50-53(19,20)44(11,12)13)31-42(47-34-45-28-29-51(14,15)16)38(7)49-52(17,18)43(8,9)10/h21-26,35-38,41-42H,27-34H2,1-20H3/b40-26+/t38-,41+,42-/m1/s1. The average Bonchev–Trinajstić information content (AvgIpc) is 3.00. The summed E-state index contributed by atoms with van der Waals surface area (Å²) in [7, 11) is -7.51. The van der Waals surface area contributed by atoms with Crippen molar-refractivity contribution in [2.45, 2.75) is 206 Å². The fourth-order valence-electron chi connectivity index (χ4n) is 6.88. The molecule has 0 saturated heterocycles. The van der Waals surface area contributed by atoms with Gasteiger partial charge in [0.2, 0.25) is 8.32 Å². The van der Waals surface area contributed by atoms with Gasteiger partial charge in [0.25, 0.3) is 0 Å². The SMILES string of the molecule is CC(C)[Si](OC/C=C(/COCc1ccccc1)C[C@@H](C[C@@H](OCOCC[Si](C)(C)C)[C@@H](C)O[Si](C)(C)C(C)(C)C)O[Si](C)(C)C(C)(C)C)(C(C)C)C(C)C. The normalized spacial score (nSPS) is 16.1. The van der Waals surface area contributed by atoms with Crippen molar-refractivity contribution in [1.29, 1.82) is 0 Å². The molecule has 1 rings (SSSR count). The van der Waals surface area contributed by atoms with Crippen LogP contribution in [0, 0.1) is 0 Å². The Balaban J connectivity index is 3.60. The van der Waals surface area contributed by atoms with Gasteiger partial charge in [-0.25, -0.2) is 0 Å². The molecule has 316 valence electrons. The van der Waals surface area contributed by atoms with Gasteiger partial charge in [-0.05, 0) is 83.4 Å². The molecule has 0 bridgehead atoms. The first-order chi connectivity index (χ1) is 24.6. The Morgan fingerprint density at radius 2 is 1.22 bits per heavy atom. The van der Waals surface area contributed by atoms with Crippen molar-refractivity contribution in [3.05, 3.63) is 47.5 Å². The number of benzene rings is 1. The van der Waals surface area contributed by atoms with Gasteiger partial charge in [0.05, 0.1) is 38.1 Å². The lowest BCUT2D eigenvalue weighted by atomic mass is 10.0. The quantitative estimate of drug-likeness (QED) is 0.0424. The minimum atomic E-state index is -2.17. The maximum absolute atomic E-state index is 7.36. The first kappa shape index (κ1) is 51.6. The molecule has 6 nitrogen and oxygen atoms in total. The van der Waals surface area contributed by atoms with Crippen molar-refractivity contribution >= 4 is 33.0 Å². The van der Waals surface area contributed by atoms with E-state index in [4.69, 9.17) is 27.5 Å². The summed E-state index contributed by atoms with van der Waals surface area (Å²) >= 11 is 0. The maximum atomic E-state index is 7.36. The lowest BCUT2D eigenvalue weighted by Gasteiger charge is -2.43. The highest BCUT2D eigenvalue weighted by Gasteiger charge is 2.45. The van der Waals surface area contributed by atoms with Crippen LogP contribution >= 0.6 is 0 Å². The minimum absolute atomic E-state index is 0.0542.